The number of nitrogens with zero attached hydrogens (tertiary/aromatic N) is 2. The Kier molecular flexibility index (Phi) is 21.9. The number of methoxy groups -OCH3 is 1. The topological polar surface area (TPSA) is 341 Å². The molecule has 3 saturated heterocycles. The van der Waals surface area contributed by atoms with Gasteiger partial charge in [0.15, 0.2) is 0 Å². The lowest BCUT2D eigenvalue weighted by Gasteiger charge is -2.50. The second-order valence-electron chi connectivity index (χ2n) is 7.42. The molecule has 4 heterocycles. The molecule has 3 aliphatic rings. The van der Waals surface area contributed by atoms with Crippen LogP contribution in [0.5, 0.6) is 5.75 Å². The third kappa shape index (κ3) is 10.3. The van der Waals surface area contributed by atoms with Crippen molar-refractivity contribution in [3.8, 4) is 5.75 Å². The molecule has 1 aromatic heterocycles. The van der Waals surface area contributed by atoms with Crippen LogP contribution in [0.25, 0.3) is 10.9 Å². The van der Waals surface area contributed by atoms with E-state index >= 15 is 0 Å². The molecule has 2 aromatic rings. The number of aliphatic hydroxyl groups excluding tert-OH is 1. The predicted octanol–water partition coefficient (Wildman–Crippen LogP) is -3.25. The van der Waals surface area contributed by atoms with Crippen molar-refractivity contribution in [1.29, 1.82) is 0 Å². The van der Waals surface area contributed by atoms with E-state index in [2.05, 4.69) is 22.5 Å². The van der Waals surface area contributed by atoms with Gasteiger partial charge in [-0.25, -0.2) is 0 Å². The Morgan fingerprint density at radius 3 is 2.17 bits per heavy atom. The monoisotopic (exact) mass is 548 g/mol. The lowest BCUT2D eigenvalue weighted by molar-refractivity contribution is -0.0444. The fraction of sp³-hybridized carbons (Fsp3) is 0.450. The maximum absolute atomic E-state index is 11.2. The molecular formula is C20H40N2O13S. The highest BCUT2D eigenvalue weighted by molar-refractivity contribution is 7.79. The number of hydrogen-bond donors (Lipinski definition) is 3. The van der Waals surface area contributed by atoms with Crippen molar-refractivity contribution in [2.24, 2.45) is 11.8 Å². The maximum atomic E-state index is 11.2. The predicted molar refractivity (Wildman–Crippen MR) is 135 cm³/mol. The Bertz CT molecular complexity index is 985. The van der Waals surface area contributed by atoms with Gasteiger partial charge in [0.05, 0.1) is 18.7 Å². The lowest BCUT2D eigenvalue weighted by Crippen LogP contribution is -2.54. The second kappa shape index (κ2) is 18.0. The van der Waals surface area contributed by atoms with E-state index in [1.807, 2.05) is 24.3 Å². The Morgan fingerprint density at radius 2 is 1.69 bits per heavy atom. The second-order valence-corrected chi connectivity index (χ2v) is 8.32. The average molecular weight is 549 g/mol. The zero-order chi connectivity index (χ0) is 21.2. The van der Waals surface area contributed by atoms with Gasteiger partial charge in [-0.3, -0.25) is 19.0 Å². The molecular weight excluding hydrogens is 508 g/mol. The summed E-state index contributed by atoms with van der Waals surface area (Å²) in [6, 6.07) is 7.96. The van der Waals surface area contributed by atoms with Crippen molar-refractivity contribution < 1.29 is 65.7 Å². The molecule has 0 aliphatic carbocycles. The normalized spacial score (nSPS) is 21.8. The summed E-state index contributed by atoms with van der Waals surface area (Å²) in [7, 11) is -3.01. The van der Waals surface area contributed by atoms with Gasteiger partial charge in [-0.2, -0.15) is 8.42 Å². The van der Waals surface area contributed by atoms with Crippen LogP contribution in [-0.2, 0) is 10.4 Å². The maximum Gasteiger partial charge on any atom is 0.394 e. The molecule has 36 heavy (non-hydrogen) atoms. The number of ether oxygens (including phenoxy) is 1. The first kappa shape index (κ1) is 43.7. The van der Waals surface area contributed by atoms with Crippen LogP contribution in [0.3, 0.4) is 0 Å². The highest BCUT2D eigenvalue weighted by atomic mass is 32.3. The molecule has 17 N–H and O–H groups in total. The van der Waals surface area contributed by atoms with Crippen molar-refractivity contribution in [2.45, 2.75) is 25.0 Å². The molecule has 3 aliphatic heterocycles. The van der Waals surface area contributed by atoms with Crippen molar-refractivity contribution in [3.63, 3.8) is 0 Å². The van der Waals surface area contributed by atoms with Gasteiger partial charge < -0.3 is 48.2 Å². The third-order valence-electron chi connectivity index (χ3n) is 5.82. The van der Waals surface area contributed by atoms with E-state index in [0.717, 1.165) is 41.7 Å². The molecule has 0 saturated carbocycles. The smallest absolute Gasteiger partial charge is 0.394 e. The molecule has 15 nitrogen and oxygen atoms in total. The zero-order valence-electron chi connectivity index (χ0n) is 19.7. The van der Waals surface area contributed by atoms with Crippen molar-refractivity contribution >= 4 is 21.3 Å². The number of piperidine rings is 3. The molecule has 16 heteroatoms. The van der Waals surface area contributed by atoms with Gasteiger partial charge in [-0.15, -0.1) is 6.58 Å². The quantitative estimate of drug-likeness (QED) is 0.256. The molecule has 214 valence electrons. The standard InChI is InChI=1S/C20H24N2O2.H2O4S.7H2O/c1-3-13-12-22-9-7-14(13)10-19(22)20(23)16-6-8-21-18-5-4-15(24-2)11-17(16)18;1-5(2,3)4;;;;;;;/h3-6,8,11,13-14,19-20,23H,1,7,9-10,12H2,2H3;(H2,1,2,3,4);7*1H2/t13-,14?,19-,20-;;;;;;;;/m1......../s1. The molecule has 5 atom stereocenters. The number of hydrogen-bond acceptors (Lipinski definition) is 6. The van der Waals surface area contributed by atoms with Crippen LogP contribution in [0.2, 0.25) is 0 Å². The van der Waals surface area contributed by atoms with E-state index in [0.29, 0.717) is 11.8 Å². The highest BCUT2D eigenvalue weighted by Gasteiger charge is 2.42. The fourth-order valence-corrected chi connectivity index (χ4v) is 4.44. The SMILES string of the molecule is C=C[C@@H]1CN2CCC1C[C@@H]2[C@H](O)c1ccnc2ccc(OC)cc12.O.O.O.O.O.O.O.O=S(=O)(O)O. The van der Waals surface area contributed by atoms with Gasteiger partial charge in [0.1, 0.15) is 5.75 Å². The number of aromatic nitrogens is 1. The molecule has 1 aromatic carbocycles. The summed E-state index contributed by atoms with van der Waals surface area (Å²) in [4.78, 5) is 6.86. The molecule has 5 rings (SSSR count). The summed E-state index contributed by atoms with van der Waals surface area (Å²) in [6.07, 6.45) is 5.62. The minimum atomic E-state index is -4.67. The van der Waals surface area contributed by atoms with Crippen LogP contribution >= 0.6 is 0 Å². The first-order valence-electron chi connectivity index (χ1n) is 9.38. The van der Waals surface area contributed by atoms with E-state index in [1.165, 1.54) is 6.42 Å². The van der Waals surface area contributed by atoms with Crippen LogP contribution in [0, 0.1) is 11.8 Å². The number of fused-ring (bicyclic) bond motifs is 4. The van der Waals surface area contributed by atoms with Crippen LogP contribution < -0.4 is 4.74 Å². The van der Waals surface area contributed by atoms with Crippen molar-refractivity contribution in [2.75, 3.05) is 20.2 Å². The fourth-order valence-electron chi connectivity index (χ4n) is 4.44. The van der Waals surface area contributed by atoms with E-state index < -0.39 is 16.5 Å². The summed E-state index contributed by atoms with van der Waals surface area (Å²) < 4.78 is 36.9. The minimum Gasteiger partial charge on any atom is -0.497 e. The van der Waals surface area contributed by atoms with Gasteiger partial charge in [-0.05, 0) is 61.1 Å². The van der Waals surface area contributed by atoms with Crippen LogP contribution in [0.1, 0.15) is 24.5 Å². The molecule has 2 bridgehead atoms. The van der Waals surface area contributed by atoms with E-state index in [4.69, 9.17) is 22.3 Å². The minimum absolute atomic E-state index is 0. The van der Waals surface area contributed by atoms with Crippen molar-refractivity contribution in [1.82, 2.24) is 9.88 Å². The largest absolute Gasteiger partial charge is 0.497 e. The average Bonchev–Trinajstić information content (AvgIpc) is 2.71. The van der Waals surface area contributed by atoms with Crippen LogP contribution in [0.15, 0.2) is 43.1 Å². The number of rotatable bonds is 4. The Labute approximate surface area is 208 Å². The van der Waals surface area contributed by atoms with E-state index in [1.54, 1.807) is 13.3 Å². The van der Waals surface area contributed by atoms with Gasteiger partial charge in [-0.1, -0.05) is 6.08 Å². The van der Waals surface area contributed by atoms with E-state index in [-0.39, 0.29) is 44.4 Å². The highest BCUT2D eigenvalue weighted by Crippen LogP contribution is 2.42. The zero-order valence-corrected chi connectivity index (χ0v) is 20.5. The summed E-state index contributed by atoms with van der Waals surface area (Å²) in [5.41, 5.74) is 1.85. The molecule has 0 spiro atoms. The first-order valence-corrected chi connectivity index (χ1v) is 10.8. The Hall–Kier alpha value is -2.32. The van der Waals surface area contributed by atoms with E-state index in [9.17, 15) is 5.11 Å². The van der Waals surface area contributed by atoms with Gasteiger partial charge in [0.25, 0.3) is 0 Å². The van der Waals surface area contributed by atoms with Gasteiger partial charge >= 0.3 is 10.4 Å². The molecule has 2 unspecified atom stereocenters. The summed E-state index contributed by atoms with van der Waals surface area (Å²) in [5.74, 6) is 2.01. The van der Waals surface area contributed by atoms with Gasteiger partial charge in [0.2, 0.25) is 0 Å². The Balaban J connectivity index is -0.000000246. The third-order valence-corrected chi connectivity index (χ3v) is 5.82. The Morgan fingerprint density at radius 1 is 1.11 bits per heavy atom. The molecule has 3 fully saturated rings. The number of aliphatic hydroxyl groups is 1. The van der Waals surface area contributed by atoms with Crippen LogP contribution in [-0.4, -0.2) is 97.1 Å². The molecule has 0 amide bonds. The molecule has 0 radical (unpaired) electrons. The van der Waals surface area contributed by atoms with Crippen molar-refractivity contribution in [3.05, 3.63) is 48.7 Å². The lowest BCUT2D eigenvalue weighted by atomic mass is 9.73. The number of benzene rings is 1. The van der Waals surface area contributed by atoms with Gasteiger partial charge in [0, 0.05) is 24.2 Å². The van der Waals surface area contributed by atoms with Crippen LogP contribution in [0.4, 0.5) is 0 Å². The summed E-state index contributed by atoms with van der Waals surface area (Å²) >= 11 is 0. The number of pyridine rings is 1. The summed E-state index contributed by atoms with van der Waals surface area (Å²) in [6.45, 7) is 6.07. The first-order chi connectivity index (χ1) is 13.7. The summed E-state index contributed by atoms with van der Waals surface area (Å²) in [5, 5.41) is 12.1.